The minimum Gasteiger partial charge on any atom is -0.476 e. The summed E-state index contributed by atoms with van der Waals surface area (Å²) in [5, 5.41) is 12.3. The number of aromatic carboxylic acids is 1. The van der Waals surface area contributed by atoms with E-state index in [0.717, 1.165) is 33.6 Å². The first kappa shape index (κ1) is 39.4. The lowest BCUT2D eigenvalue weighted by molar-refractivity contribution is -0.133. The van der Waals surface area contributed by atoms with Crippen LogP contribution in [0.2, 0.25) is 0 Å². The summed E-state index contributed by atoms with van der Waals surface area (Å²) in [5.74, 6) is -1.77. The fraction of sp³-hybridized carbons (Fsp3) is 0.289. The lowest BCUT2D eigenvalue weighted by Gasteiger charge is -2.40. The second-order valence-electron chi connectivity index (χ2n) is 13.4. The molecule has 2 amide bonds. The molecule has 10 nitrogen and oxygen atoms in total. The van der Waals surface area contributed by atoms with Crippen molar-refractivity contribution < 1.29 is 28.3 Å². The quantitative estimate of drug-likeness (QED) is 0.161. The fourth-order valence-electron chi connectivity index (χ4n) is 5.84. The predicted octanol–water partition coefficient (Wildman–Crippen LogP) is 8.35. The molecule has 4 aromatic heterocycles. The van der Waals surface area contributed by atoms with Gasteiger partial charge in [-0.15, -0.1) is 0 Å². The van der Waals surface area contributed by atoms with Gasteiger partial charge in [-0.05, 0) is 97.5 Å². The number of thiazole rings is 2. The topological polar surface area (TPSA) is 138 Å². The van der Waals surface area contributed by atoms with E-state index in [4.69, 9.17) is 10.1 Å². The Morgan fingerprint density at radius 2 is 1.21 bits per heavy atom. The minimum absolute atomic E-state index is 0. The molecule has 2 N–H and O–H groups in total. The molecule has 2 aromatic carbocycles. The van der Waals surface area contributed by atoms with Crippen LogP contribution >= 0.6 is 32.6 Å². The van der Waals surface area contributed by atoms with Gasteiger partial charge in [-0.3, -0.25) is 9.59 Å². The van der Waals surface area contributed by atoms with E-state index in [1.807, 2.05) is 26.0 Å². The molecule has 1 atom stereocenters. The summed E-state index contributed by atoms with van der Waals surface area (Å²) in [6.45, 7) is 12.5. The minimum atomic E-state index is -1.05. The standard InChI is InChI=1S/C22H23FN4O2S.C16H13FN2O2S.H3P/c1-12(2)15-11-16(13-5-7-14(23)8-6-13)25-18-17(15)26-19(30-18)20(28)27-10-9-24-21(29)22(27,3)4;1-8(2)11-7-12(9-3-5-10(17)6-4-9)18-14-13(11)19-15(22-14)16(20)21;/h5-8,11-12H,9-10H2,1-4H3,(H,24,29);3-8H,1-2H3,(H,20,21);1H3. The molecule has 0 radical (unpaired) electrons. The Labute approximate surface area is 316 Å². The maximum Gasteiger partial charge on any atom is 0.365 e. The van der Waals surface area contributed by atoms with E-state index in [9.17, 15) is 23.2 Å². The fourth-order valence-corrected chi connectivity index (χ4v) is 7.57. The molecule has 7 rings (SSSR count). The number of carboxylic acids is 1. The maximum atomic E-state index is 13.3. The number of hydrogen-bond donors (Lipinski definition) is 2. The number of rotatable bonds is 6. The molecule has 15 heteroatoms. The van der Waals surface area contributed by atoms with Crippen molar-refractivity contribution in [3.8, 4) is 22.5 Å². The summed E-state index contributed by atoms with van der Waals surface area (Å²) in [4.78, 5) is 57.4. The monoisotopic (exact) mass is 776 g/mol. The largest absolute Gasteiger partial charge is 0.476 e. The van der Waals surface area contributed by atoms with E-state index in [2.05, 4.69) is 34.1 Å². The summed E-state index contributed by atoms with van der Waals surface area (Å²) in [7, 11) is 0. The van der Waals surface area contributed by atoms with Crippen LogP contribution < -0.4 is 5.32 Å². The van der Waals surface area contributed by atoms with Crippen molar-refractivity contribution in [2.24, 2.45) is 0 Å². The highest BCUT2D eigenvalue weighted by atomic mass is 32.1. The van der Waals surface area contributed by atoms with Gasteiger partial charge >= 0.3 is 5.97 Å². The summed E-state index contributed by atoms with van der Waals surface area (Å²) < 4.78 is 26.4. The summed E-state index contributed by atoms with van der Waals surface area (Å²) in [6, 6.07) is 16.1. The van der Waals surface area contributed by atoms with Gasteiger partial charge in [0.15, 0.2) is 5.01 Å². The van der Waals surface area contributed by atoms with Crippen LogP contribution in [0.1, 0.15) is 84.1 Å². The van der Waals surface area contributed by atoms with E-state index in [1.54, 1.807) is 43.0 Å². The van der Waals surface area contributed by atoms with Gasteiger partial charge in [0.2, 0.25) is 10.9 Å². The van der Waals surface area contributed by atoms with Crippen LogP contribution in [-0.2, 0) is 4.79 Å². The third-order valence-electron chi connectivity index (χ3n) is 8.78. The van der Waals surface area contributed by atoms with Crippen LogP contribution in [0.5, 0.6) is 0 Å². The average Bonchev–Trinajstić information content (AvgIpc) is 3.74. The van der Waals surface area contributed by atoms with Gasteiger partial charge in [0.1, 0.15) is 37.9 Å². The highest BCUT2D eigenvalue weighted by Gasteiger charge is 2.41. The Balaban J connectivity index is 0.000000210. The van der Waals surface area contributed by atoms with Crippen LogP contribution in [0.15, 0.2) is 60.7 Å². The number of hydrogen-bond acceptors (Lipinski definition) is 9. The molecule has 0 aliphatic carbocycles. The van der Waals surface area contributed by atoms with Crippen LogP contribution in [0.4, 0.5) is 8.78 Å². The lowest BCUT2D eigenvalue weighted by atomic mass is 9.99. The Morgan fingerprint density at radius 1 is 0.774 bits per heavy atom. The first-order valence-electron chi connectivity index (χ1n) is 16.6. The van der Waals surface area contributed by atoms with Gasteiger partial charge in [-0.25, -0.2) is 33.5 Å². The number of benzene rings is 2. The van der Waals surface area contributed by atoms with E-state index in [1.165, 1.54) is 35.6 Å². The van der Waals surface area contributed by atoms with Crippen molar-refractivity contribution in [3.05, 3.63) is 93.4 Å². The molecular weight excluding hydrogens is 738 g/mol. The van der Waals surface area contributed by atoms with Gasteiger partial charge in [0.05, 0.1) is 11.4 Å². The van der Waals surface area contributed by atoms with Gasteiger partial charge in [0.25, 0.3) is 5.91 Å². The van der Waals surface area contributed by atoms with Gasteiger partial charge in [0, 0.05) is 24.2 Å². The number of amides is 2. The number of carbonyl (C=O) groups is 3. The zero-order valence-electron chi connectivity index (χ0n) is 30.0. The van der Waals surface area contributed by atoms with E-state index < -0.39 is 11.5 Å². The average molecular weight is 777 g/mol. The van der Waals surface area contributed by atoms with E-state index in [0.29, 0.717) is 50.2 Å². The highest BCUT2D eigenvalue weighted by Crippen LogP contribution is 2.34. The zero-order chi connectivity index (χ0) is 37.5. The summed E-state index contributed by atoms with van der Waals surface area (Å²) in [5.41, 5.74) is 5.29. The summed E-state index contributed by atoms with van der Waals surface area (Å²) in [6.07, 6.45) is 0. The van der Waals surface area contributed by atoms with E-state index in [-0.39, 0.29) is 50.2 Å². The van der Waals surface area contributed by atoms with Crippen LogP contribution in [0, 0.1) is 11.6 Å². The number of fused-ring (bicyclic) bond motifs is 2. The SMILES string of the molecule is CC(C)c1cc(-c2ccc(F)cc2)nc2sc(C(=O)N3CCNC(=O)C3(C)C)nc12.CC(C)c1cc(-c2ccc(F)cc2)nc2sc(C(=O)O)nc12.P. The Kier molecular flexibility index (Phi) is 11.7. The normalized spacial score (nSPS) is 13.8. The first-order chi connectivity index (χ1) is 24.6. The molecule has 5 heterocycles. The maximum absolute atomic E-state index is 13.3. The zero-order valence-corrected chi connectivity index (χ0v) is 33.1. The number of nitrogens with zero attached hydrogens (tertiary/aromatic N) is 5. The van der Waals surface area contributed by atoms with Crippen molar-refractivity contribution in [3.63, 3.8) is 0 Å². The first-order valence-corrected chi connectivity index (χ1v) is 18.3. The molecule has 1 aliphatic heterocycles. The molecular formula is C38H39F2N6O4PS2. The number of halogens is 2. The number of nitrogens with one attached hydrogen (secondary N) is 1. The van der Waals surface area contributed by atoms with Gasteiger partial charge in [-0.2, -0.15) is 9.90 Å². The van der Waals surface area contributed by atoms with E-state index >= 15 is 0 Å². The molecule has 276 valence electrons. The molecule has 1 aliphatic rings. The van der Waals surface area contributed by atoms with Crippen molar-refractivity contribution in [1.82, 2.24) is 30.2 Å². The number of carbonyl (C=O) groups excluding carboxylic acids is 2. The predicted molar refractivity (Wildman–Crippen MR) is 210 cm³/mol. The highest BCUT2D eigenvalue weighted by molar-refractivity contribution is 7.20. The smallest absolute Gasteiger partial charge is 0.365 e. The van der Waals surface area contributed by atoms with Crippen molar-refractivity contribution >= 4 is 71.1 Å². The van der Waals surface area contributed by atoms with Crippen molar-refractivity contribution in [1.29, 1.82) is 0 Å². The van der Waals surface area contributed by atoms with Gasteiger partial charge in [-0.1, -0.05) is 50.4 Å². The third kappa shape index (κ3) is 8.09. The molecule has 53 heavy (non-hydrogen) atoms. The number of carboxylic acid groups (broad SMARTS) is 1. The number of aromatic nitrogens is 4. The molecule has 1 fully saturated rings. The molecule has 1 unspecified atom stereocenters. The van der Waals surface area contributed by atoms with Crippen LogP contribution in [-0.4, -0.2) is 66.4 Å². The van der Waals surface area contributed by atoms with Crippen LogP contribution in [0.3, 0.4) is 0 Å². The second kappa shape index (κ2) is 15.7. The summed E-state index contributed by atoms with van der Waals surface area (Å²) >= 11 is 2.28. The number of piperazine rings is 1. The Morgan fingerprint density at radius 3 is 1.64 bits per heavy atom. The van der Waals surface area contributed by atoms with Crippen molar-refractivity contribution in [2.75, 3.05) is 13.1 Å². The molecule has 0 bridgehead atoms. The molecule has 0 spiro atoms. The molecule has 6 aromatic rings. The van der Waals surface area contributed by atoms with Crippen LogP contribution in [0.25, 0.3) is 43.2 Å². The van der Waals surface area contributed by atoms with Gasteiger partial charge < -0.3 is 15.3 Å². The molecule has 0 saturated carbocycles. The third-order valence-corrected chi connectivity index (χ3v) is 10.7. The van der Waals surface area contributed by atoms with Crippen molar-refractivity contribution in [2.45, 2.75) is 58.9 Å². The second-order valence-corrected chi connectivity index (χ2v) is 15.4. The lowest BCUT2D eigenvalue weighted by Crippen LogP contribution is -2.63. The Bertz CT molecular complexity index is 2330. The molecule has 1 saturated heterocycles. The number of pyridine rings is 2. The Hall–Kier alpha value is -4.78.